The lowest BCUT2D eigenvalue weighted by molar-refractivity contribution is -0.680. The second-order valence-corrected chi connectivity index (χ2v) is 15.0. The summed E-state index contributed by atoms with van der Waals surface area (Å²) in [5.74, 6) is 0. The second kappa shape index (κ2) is 10.2. The molecule has 1 heterocycles. The molecule has 9 heteroatoms. The average Bonchev–Trinajstić information content (AvgIpc) is 2.73. The van der Waals surface area contributed by atoms with Gasteiger partial charge in [-0.05, 0) is 27.9 Å². The summed E-state index contributed by atoms with van der Waals surface area (Å²) in [6.45, 7) is 9.38. The van der Waals surface area contributed by atoms with E-state index in [0.29, 0.717) is 0 Å². The standard InChI is InChI=1S/C23H28NSi.CHF3O3S/c1-20-15-17-24(18-16-20)19-25(23(2,3)4,21-11-7-5-8-12-21)22-13-9-6-10-14-22;2-1(3,4)8(5,6)7/h5-18H,19H2,1-4H3;(H,5,6,7)/q+1;/p-1. The van der Waals surface area contributed by atoms with Gasteiger partial charge >= 0.3 is 5.51 Å². The minimum absolute atomic E-state index is 0.188. The lowest BCUT2D eigenvalue weighted by atomic mass is 10.2. The van der Waals surface area contributed by atoms with Gasteiger partial charge in [0, 0.05) is 12.1 Å². The molecule has 0 atom stereocenters. The zero-order valence-electron chi connectivity index (χ0n) is 19.0. The van der Waals surface area contributed by atoms with Crippen molar-refractivity contribution in [1.82, 2.24) is 0 Å². The van der Waals surface area contributed by atoms with Gasteiger partial charge in [0.2, 0.25) is 0 Å². The predicted octanol–water partition coefficient (Wildman–Crippen LogP) is 3.94. The molecule has 3 rings (SSSR count). The number of alkyl halides is 3. The molecule has 0 bridgehead atoms. The van der Waals surface area contributed by atoms with E-state index in [1.54, 1.807) is 0 Å². The normalized spacial score (nSPS) is 12.6. The van der Waals surface area contributed by atoms with Crippen LogP contribution in [-0.4, -0.2) is 26.6 Å². The van der Waals surface area contributed by atoms with E-state index >= 15 is 0 Å². The van der Waals surface area contributed by atoms with Gasteiger partial charge in [0.1, 0.15) is 6.17 Å². The molecule has 0 aliphatic carbocycles. The Bertz CT molecular complexity index is 1090. The maximum Gasteiger partial charge on any atom is 0.485 e. The van der Waals surface area contributed by atoms with Crippen molar-refractivity contribution in [3.63, 3.8) is 0 Å². The number of halogens is 3. The van der Waals surface area contributed by atoms with Gasteiger partial charge in [0.15, 0.2) is 30.6 Å². The highest BCUT2D eigenvalue weighted by molar-refractivity contribution is 7.86. The van der Waals surface area contributed by atoms with Crippen LogP contribution in [0.15, 0.2) is 85.2 Å². The minimum Gasteiger partial charge on any atom is -0.741 e. The fraction of sp³-hybridized carbons (Fsp3) is 0.292. The maximum atomic E-state index is 10.7. The average molecular weight is 496 g/mol. The van der Waals surface area contributed by atoms with Crippen LogP contribution in [0.1, 0.15) is 26.3 Å². The van der Waals surface area contributed by atoms with Crippen LogP contribution in [0.5, 0.6) is 0 Å². The van der Waals surface area contributed by atoms with Gasteiger partial charge in [-0.1, -0.05) is 81.4 Å². The fourth-order valence-corrected chi connectivity index (χ4v) is 9.00. The Labute approximate surface area is 194 Å². The van der Waals surface area contributed by atoms with Gasteiger partial charge in [-0.15, -0.1) is 0 Å². The number of hydrogen-bond donors (Lipinski definition) is 0. The molecule has 33 heavy (non-hydrogen) atoms. The van der Waals surface area contributed by atoms with Crippen molar-refractivity contribution < 1.29 is 30.7 Å². The van der Waals surface area contributed by atoms with Gasteiger partial charge < -0.3 is 4.55 Å². The summed E-state index contributed by atoms with van der Waals surface area (Å²) < 4.78 is 61.3. The molecule has 0 N–H and O–H groups in total. The van der Waals surface area contributed by atoms with Gasteiger partial charge in [-0.25, -0.2) is 13.0 Å². The van der Waals surface area contributed by atoms with Crippen molar-refractivity contribution in [3.05, 3.63) is 90.8 Å². The third-order valence-corrected chi connectivity index (χ3v) is 12.2. The van der Waals surface area contributed by atoms with E-state index in [-0.39, 0.29) is 5.04 Å². The molecule has 2 aromatic carbocycles. The van der Waals surface area contributed by atoms with Crippen molar-refractivity contribution in [2.45, 2.75) is 44.4 Å². The first-order valence-electron chi connectivity index (χ1n) is 10.3. The second-order valence-electron chi connectivity index (χ2n) is 8.84. The number of hydrogen-bond acceptors (Lipinski definition) is 3. The molecule has 1 aromatic heterocycles. The number of benzene rings is 2. The van der Waals surface area contributed by atoms with E-state index in [0.717, 1.165) is 6.17 Å². The fourth-order valence-electron chi connectivity index (χ4n) is 3.81. The number of rotatable bonds is 4. The molecular formula is C24H28F3NO3SSi. The Morgan fingerprint density at radius 2 is 1.18 bits per heavy atom. The third-order valence-electron chi connectivity index (χ3n) is 5.57. The zero-order chi connectivity index (χ0) is 24.9. The molecule has 0 saturated heterocycles. The highest BCUT2D eigenvalue weighted by Crippen LogP contribution is 2.36. The van der Waals surface area contributed by atoms with Gasteiger partial charge in [0.05, 0.1) is 0 Å². The SMILES string of the molecule is Cc1cc[n+](C[Si](c2ccccc2)(c2ccccc2)C(C)(C)C)cc1.O=S(=O)([O-])C(F)(F)F. The molecule has 3 aromatic rings. The van der Waals surface area contributed by atoms with Crippen molar-refractivity contribution in [2.24, 2.45) is 0 Å². The molecule has 0 radical (unpaired) electrons. The van der Waals surface area contributed by atoms with Gasteiger partial charge in [0.25, 0.3) is 0 Å². The van der Waals surface area contributed by atoms with Crippen molar-refractivity contribution in [1.29, 1.82) is 0 Å². The molecule has 0 fully saturated rings. The Kier molecular flexibility index (Phi) is 8.26. The monoisotopic (exact) mass is 495 g/mol. The van der Waals surface area contributed by atoms with Crippen molar-refractivity contribution in [2.75, 3.05) is 0 Å². The highest BCUT2D eigenvalue weighted by atomic mass is 32.2. The van der Waals surface area contributed by atoms with Crippen molar-refractivity contribution in [3.8, 4) is 0 Å². The molecule has 178 valence electrons. The first kappa shape index (κ1) is 26.8. The molecule has 0 saturated carbocycles. The smallest absolute Gasteiger partial charge is 0.485 e. The Balaban J connectivity index is 0.000000414. The number of aromatic nitrogens is 1. The molecule has 0 spiro atoms. The molecule has 0 unspecified atom stereocenters. The van der Waals surface area contributed by atoms with E-state index in [9.17, 15) is 13.2 Å². The van der Waals surface area contributed by atoms with Crippen LogP contribution in [0.4, 0.5) is 13.2 Å². The quantitative estimate of drug-likeness (QED) is 0.238. The summed E-state index contributed by atoms with van der Waals surface area (Å²) >= 11 is 0. The topological polar surface area (TPSA) is 61.1 Å². The highest BCUT2D eigenvalue weighted by Gasteiger charge is 2.51. The summed E-state index contributed by atoms with van der Waals surface area (Å²) in [4.78, 5) is 0. The third kappa shape index (κ3) is 6.52. The maximum absolute atomic E-state index is 10.7. The van der Waals surface area contributed by atoms with Crippen LogP contribution in [0.2, 0.25) is 5.04 Å². The van der Waals surface area contributed by atoms with Crippen LogP contribution in [0.3, 0.4) is 0 Å². The molecule has 4 nitrogen and oxygen atoms in total. The summed E-state index contributed by atoms with van der Waals surface area (Å²) in [5.41, 5.74) is -4.34. The van der Waals surface area contributed by atoms with Crippen LogP contribution < -0.4 is 14.9 Å². The minimum atomic E-state index is -6.09. The lowest BCUT2D eigenvalue weighted by Crippen LogP contribution is -2.71. The van der Waals surface area contributed by atoms with E-state index in [4.69, 9.17) is 13.0 Å². The summed E-state index contributed by atoms with van der Waals surface area (Å²) in [7, 11) is -8.13. The number of pyridine rings is 1. The van der Waals surface area contributed by atoms with E-state index in [2.05, 4.69) is 117 Å². The Morgan fingerprint density at radius 1 is 0.818 bits per heavy atom. The van der Waals surface area contributed by atoms with Crippen LogP contribution >= 0.6 is 0 Å². The number of nitrogens with zero attached hydrogens (tertiary/aromatic N) is 1. The lowest BCUT2D eigenvalue weighted by Gasteiger charge is -2.41. The van der Waals surface area contributed by atoms with Crippen LogP contribution in [-0.2, 0) is 16.3 Å². The summed E-state index contributed by atoms with van der Waals surface area (Å²) in [5, 5.41) is 3.19. The molecule has 0 aliphatic rings. The molecule has 0 aliphatic heterocycles. The van der Waals surface area contributed by atoms with E-state index in [1.165, 1.54) is 15.9 Å². The first-order chi connectivity index (χ1) is 15.2. The predicted molar refractivity (Wildman–Crippen MR) is 125 cm³/mol. The summed E-state index contributed by atoms with van der Waals surface area (Å²) in [6, 6.07) is 26.7. The molecular weight excluding hydrogens is 467 g/mol. The largest absolute Gasteiger partial charge is 0.741 e. The van der Waals surface area contributed by atoms with Crippen LogP contribution in [0, 0.1) is 6.92 Å². The van der Waals surface area contributed by atoms with Crippen LogP contribution in [0.25, 0.3) is 0 Å². The number of aryl methyl sites for hydroxylation is 1. The van der Waals surface area contributed by atoms with Crippen molar-refractivity contribution >= 4 is 28.6 Å². The first-order valence-corrected chi connectivity index (χ1v) is 13.9. The van der Waals surface area contributed by atoms with E-state index in [1.807, 2.05) is 0 Å². The van der Waals surface area contributed by atoms with Gasteiger partial charge in [-0.3, -0.25) is 0 Å². The van der Waals surface area contributed by atoms with Gasteiger partial charge in [-0.2, -0.15) is 13.2 Å². The Hall–Kier alpha value is -2.49. The Morgan fingerprint density at radius 3 is 1.48 bits per heavy atom. The summed E-state index contributed by atoms with van der Waals surface area (Å²) in [6.07, 6.45) is 5.51. The van der Waals surface area contributed by atoms with E-state index < -0.39 is 23.7 Å². The molecule has 0 amide bonds. The zero-order valence-corrected chi connectivity index (χ0v) is 20.8.